The molecule has 7 nitrogen and oxygen atoms in total. The predicted octanol–water partition coefficient (Wildman–Crippen LogP) is 2.38. The smallest absolute Gasteiger partial charge is 0.333 e. The van der Waals surface area contributed by atoms with E-state index in [9.17, 15) is 10.1 Å². The van der Waals surface area contributed by atoms with Crippen molar-refractivity contribution in [1.29, 1.82) is 0 Å². The summed E-state index contributed by atoms with van der Waals surface area (Å²) in [6, 6.07) is 1.49. The Morgan fingerprint density at radius 1 is 1.38 bits per heavy atom. The Morgan fingerprint density at radius 2 is 2.00 bits per heavy atom. The van der Waals surface area contributed by atoms with Gasteiger partial charge in [0, 0.05) is 24.2 Å². The molecule has 1 aromatic heterocycles. The minimum absolute atomic E-state index is 0.0957. The highest BCUT2D eigenvalue weighted by atomic mass is 16.6. The van der Waals surface area contributed by atoms with Crippen molar-refractivity contribution in [3.05, 3.63) is 15.8 Å². The van der Waals surface area contributed by atoms with Crippen molar-refractivity contribution in [2.45, 2.75) is 70.6 Å². The van der Waals surface area contributed by atoms with E-state index in [-0.39, 0.29) is 22.7 Å². The van der Waals surface area contributed by atoms with E-state index < -0.39 is 0 Å². The van der Waals surface area contributed by atoms with E-state index in [2.05, 4.69) is 15.7 Å². The normalized spacial score (nSPS) is 28.1. The van der Waals surface area contributed by atoms with Crippen molar-refractivity contribution in [3.63, 3.8) is 0 Å². The molecule has 0 radical (unpaired) electrons. The van der Waals surface area contributed by atoms with E-state index in [1.165, 1.54) is 12.8 Å². The summed E-state index contributed by atoms with van der Waals surface area (Å²) in [4.78, 5) is 11.0. The molecule has 2 N–H and O–H groups in total. The van der Waals surface area contributed by atoms with Crippen molar-refractivity contribution >= 4 is 11.5 Å². The summed E-state index contributed by atoms with van der Waals surface area (Å²) in [5.74, 6) is 0.568. The molecule has 0 amide bonds. The number of nitro groups is 1. The average molecular weight is 293 g/mol. The van der Waals surface area contributed by atoms with Crippen LogP contribution in [-0.4, -0.2) is 32.8 Å². The average Bonchev–Trinajstić information content (AvgIpc) is 2.90. The van der Waals surface area contributed by atoms with Gasteiger partial charge < -0.3 is 10.6 Å². The number of anilines is 1. The Hall–Kier alpha value is -1.63. The molecule has 0 spiro atoms. The molecule has 2 aliphatic rings. The molecular formula is C14H23N5O2. The van der Waals surface area contributed by atoms with Crippen LogP contribution in [0.5, 0.6) is 0 Å². The lowest BCUT2D eigenvalue weighted by Crippen LogP contribution is -2.43. The minimum Gasteiger partial charge on any atom is -0.362 e. The molecule has 7 heteroatoms. The quantitative estimate of drug-likeness (QED) is 0.657. The molecule has 0 aromatic carbocycles. The number of hydrogen-bond donors (Lipinski definition) is 2. The number of hydrogen-bond acceptors (Lipinski definition) is 5. The van der Waals surface area contributed by atoms with Crippen LogP contribution in [-0.2, 0) is 0 Å². The monoisotopic (exact) mass is 293 g/mol. The number of nitrogens with one attached hydrogen (secondary N) is 2. The van der Waals surface area contributed by atoms with E-state index in [1.54, 1.807) is 11.6 Å². The number of aromatic nitrogens is 2. The second kappa shape index (κ2) is 5.29. The van der Waals surface area contributed by atoms with E-state index >= 15 is 0 Å². The number of fused-ring (bicyclic) bond motifs is 2. The van der Waals surface area contributed by atoms with Gasteiger partial charge in [-0.1, -0.05) is 0 Å². The van der Waals surface area contributed by atoms with Crippen LogP contribution in [0.3, 0.4) is 0 Å². The van der Waals surface area contributed by atoms with Gasteiger partial charge in [-0.15, -0.1) is 0 Å². The standard InChI is InChI=1S/C14H23N5O2/c1-8(2)18-14(13(19(20)21)9(3)17-18)16-12-6-10-4-5-11(7-12)15-10/h8,10-12,15-16H,4-7H2,1-3H3. The highest BCUT2D eigenvalue weighted by Gasteiger charge is 2.36. The fraction of sp³-hybridized carbons (Fsp3) is 0.786. The summed E-state index contributed by atoms with van der Waals surface area (Å²) in [6.45, 7) is 5.69. The molecule has 2 bridgehead atoms. The second-order valence-corrected chi connectivity index (χ2v) is 6.53. The van der Waals surface area contributed by atoms with Crippen LogP contribution in [0, 0.1) is 17.0 Å². The maximum Gasteiger partial charge on any atom is 0.333 e. The lowest BCUT2D eigenvalue weighted by atomic mass is 10.00. The van der Waals surface area contributed by atoms with Crippen LogP contribution in [0.15, 0.2) is 0 Å². The molecule has 3 heterocycles. The third kappa shape index (κ3) is 2.62. The first kappa shape index (κ1) is 14.3. The van der Waals surface area contributed by atoms with Gasteiger partial charge in [0.25, 0.3) is 0 Å². The fourth-order valence-corrected chi connectivity index (χ4v) is 3.63. The molecule has 21 heavy (non-hydrogen) atoms. The van der Waals surface area contributed by atoms with Crippen LogP contribution >= 0.6 is 0 Å². The first-order valence-corrected chi connectivity index (χ1v) is 7.71. The van der Waals surface area contributed by atoms with Crippen LogP contribution in [0.1, 0.15) is 51.3 Å². The molecule has 3 rings (SSSR count). The Balaban J connectivity index is 1.88. The van der Waals surface area contributed by atoms with Crippen LogP contribution in [0.25, 0.3) is 0 Å². The lowest BCUT2D eigenvalue weighted by Gasteiger charge is -2.30. The van der Waals surface area contributed by atoms with Gasteiger partial charge in [-0.05, 0) is 46.5 Å². The Morgan fingerprint density at radius 3 is 2.52 bits per heavy atom. The zero-order valence-corrected chi connectivity index (χ0v) is 12.8. The minimum atomic E-state index is -0.320. The third-order valence-electron chi connectivity index (χ3n) is 4.54. The number of nitrogens with zero attached hydrogens (tertiary/aromatic N) is 3. The molecule has 2 atom stereocenters. The van der Waals surface area contributed by atoms with Crippen LogP contribution < -0.4 is 10.6 Å². The molecule has 2 unspecified atom stereocenters. The Bertz CT molecular complexity index is 542. The first-order chi connectivity index (χ1) is 9.95. The zero-order chi connectivity index (χ0) is 15.1. The Labute approximate surface area is 124 Å². The van der Waals surface area contributed by atoms with Gasteiger partial charge >= 0.3 is 5.69 Å². The van der Waals surface area contributed by atoms with Gasteiger partial charge in [0.05, 0.1) is 4.92 Å². The maximum absolute atomic E-state index is 11.4. The Kier molecular flexibility index (Phi) is 3.61. The van der Waals surface area contributed by atoms with E-state index in [4.69, 9.17) is 0 Å². The van der Waals surface area contributed by atoms with Crippen molar-refractivity contribution < 1.29 is 4.92 Å². The molecule has 2 aliphatic heterocycles. The lowest BCUT2D eigenvalue weighted by molar-refractivity contribution is -0.384. The molecule has 0 saturated carbocycles. The highest BCUT2D eigenvalue weighted by Crippen LogP contribution is 2.34. The summed E-state index contributed by atoms with van der Waals surface area (Å²) < 4.78 is 1.75. The van der Waals surface area contributed by atoms with Gasteiger partial charge in [0.2, 0.25) is 5.82 Å². The maximum atomic E-state index is 11.4. The van der Waals surface area contributed by atoms with Crippen molar-refractivity contribution in [2.24, 2.45) is 0 Å². The van der Waals surface area contributed by atoms with E-state index in [1.807, 2.05) is 13.8 Å². The zero-order valence-electron chi connectivity index (χ0n) is 12.8. The topological polar surface area (TPSA) is 85.0 Å². The van der Waals surface area contributed by atoms with Gasteiger partial charge in [0.1, 0.15) is 5.69 Å². The molecule has 2 fully saturated rings. The molecule has 0 aliphatic carbocycles. The second-order valence-electron chi connectivity index (χ2n) is 6.53. The summed E-state index contributed by atoms with van der Waals surface area (Å²) in [5.41, 5.74) is 0.600. The number of rotatable bonds is 4. The number of piperidine rings is 1. The SMILES string of the molecule is Cc1nn(C(C)C)c(NC2CC3CCC(C2)N3)c1[N+](=O)[O-]. The fourth-order valence-electron chi connectivity index (χ4n) is 3.63. The van der Waals surface area contributed by atoms with Crippen molar-refractivity contribution in [1.82, 2.24) is 15.1 Å². The third-order valence-corrected chi connectivity index (χ3v) is 4.54. The summed E-state index contributed by atoms with van der Waals surface area (Å²) in [7, 11) is 0. The number of aryl methyl sites for hydroxylation is 1. The largest absolute Gasteiger partial charge is 0.362 e. The summed E-state index contributed by atoms with van der Waals surface area (Å²) >= 11 is 0. The summed E-state index contributed by atoms with van der Waals surface area (Å²) in [5, 5.41) is 22.7. The molecule has 2 saturated heterocycles. The molecule has 1 aromatic rings. The van der Waals surface area contributed by atoms with Gasteiger partial charge in [-0.25, -0.2) is 4.68 Å². The first-order valence-electron chi connectivity index (χ1n) is 7.71. The van der Waals surface area contributed by atoms with E-state index in [0.717, 1.165) is 12.8 Å². The van der Waals surface area contributed by atoms with Gasteiger partial charge in [-0.2, -0.15) is 5.10 Å². The van der Waals surface area contributed by atoms with Crippen molar-refractivity contribution in [2.75, 3.05) is 5.32 Å². The molecular weight excluding hydrogens is 270 g/mol. The summed E-state index contributed by atoms with van der Waals surface area (Å²) in [6.07, 6.45) is 4.48. The van der Waals surface area contributed by atoms with Crippen LogP contribution in [0.4, 0.5) is 11.5 Å². The molecule has 116 valence electrons. The van der Waals surface area contributed by atoms with E-state index in [0.29, 0.717) is 23.6 Å². The van der Waals surface area contributed by atoms with Gasteiger partial charge in [0.15, 0.2) is 0 Å². The highest BCUT2D eigenvalue weighted by molar-refractivity contribution is 5.60. The van der Waals surface area contributed by atoms with Crippen molar-refractivity contribution in [3.8, 4) is 0 Å². The van der Waals surface area contributed by atoms with Gasteiger partial charge in [-0.3, -0.25) is 10.1 Å². The predicted molar refractivity (Wildman–Crippen MR) is 80.6 cm³/mol. The van der Waals surface area contributed by atoms with Crippen LogP contribution in [0.2, 0.25) is 0 Å².